The minimum atomic E-state index is 0.0229. The van der Waals surface area contributed by atoms with E-state index in [1.807, 2.05) is 11.0 Å². The zero-order valence-electron chi connectivity index (χ0n) is 13.1. The molecule has 1 aliphatic rings. The van der Waals surface area contributed by atoms with Gasteiger partial charge in [0.1, 0.15) is 11.6 Å². The van der Waals surface area contributed by atoms with E-state index in [0.29, 0.717) is 12.3 Å². The number of hydrogen-bond acceptors (Lipinski definition) is 6. The molecule has 6 nitrogen and oxygen atoms in total. The fourth-order valence-electron chi connectivity index (χ4n) is 2.49. The van der Waals surface area contributed by atoms with Crippen molar-refractivity contribution in [3.8, 4) is 0 Å². The van der Waals surface area contributed by atoms with Crippen LogP contribution in [-0.4, -0.2) is 46.3 Å². The van der Waals surface area contributed by atoms with Crippen LogP contribution < -0.4 is 4.90 Å². The molecule has 0 bridgehead atoms. The van der Waals surface area contributed by atoms with E-state index in [-0.39, 0.29) is 5.91 Å². The van der Waals surface area contributed by atoms with E-state index in [0.717, 1.165) is 43.4 Å². The molecule has 122 valence electrons. The number of hydrogen-bond donors (Lipinski definition) is 0. The van der Waals surface area contributed by atoms with Gasteiger partial charge in [0.05, 0.1) is 6.26 Å². The Hall–Kier alpha value is -2.15. The van der Waals surface area contributed by atoms with Gasteiger partial charge in [-0.25, -0.2) is 4.98 Å². The van der Waals surface area contributed by atoms with Gasteiger partial charge in [0.25, 0.3) is 0 Å². The lowest BCUT2D eigenvalue weighted by Gasteiger charge is -2.20. The molecule has 1 aliphatic heterocycles. The predicted molar refractivity (Wildman–Crippen MR) is 90.4 cm³/mol. The highest BCUT2D eigenvalue weighted by Gasteiger charge is 2.20. The van der Waals surface area contributed by atoms with E-state index in [9.17, 15) is 4.79 Å². The Morgan fingerprint density at radius 3 is 3.04 bits per heavy atom. The summed E-state index contributed by atoms with van der Waals surface area (Å²) >= 11 is 1.44. The smallest absolute Gasteiger partial charge is 0.246 e. The largest absolute Gasteiger partial charge is 0.465 e. The van der Waals surface area contributed by atoms with Crippen molar-refractivity contribution in [1.29, 1.82) is 0 Å². The van der Waals surface area contributed by atoms with Crippen molar-refractivity contribution < 1.29 is 9.21 Å². The second-order valence-electron chi connectivity index (χ2n) is 5.36. The standard InChI is InChI=1S/C16H20N4O2S/c1-2-14-17-16(23-18-14)20-9-4-8-19(10-11-20)15(21)7-6-13-5-3-12-22-13/h3,5-7,12H,2,4,8-11H2,1H3/b7-6-. The highest BCUT2D eigenvalue weighted by atomic mass is 32.1. The molecule has 0 radical (unpaired) electrons. The van der Waals surface area contributed by atoms with Crippen LogP contribution >= 0.6 is 11.5 Å². The van der Waals surface area contributed by atoms with Crippen LogP contribution in [0.3, 0.4) is 0 Å². The molecule has 0 spiro atoms. The molecule has 0 aliphatic carbocycles. The lowest BCUT2D eigenvalue weighted by Crippen LogP contribution is -2.34. The molecule has 23 heavy (non-hydrogen) atoms. The number of carbonyl (C=O) groups excluding carboxylic acids is 1. The van der Waals surface area contributed by atoms with Gasteiger partial charge in [-0.05, 0) is 24.6 Å². The molecule has 3 rings (SSSR count). The van der Waals surface area contributed by atoms with Gasteiger partial charge in [0.2, 0.25) is 11.0 Å². The number of anilines is 1. The van der Waals surface area contributed by atoms with Gasteiger partial charge < -0.3 is 14.2 Å². The van der Waals surface area contributed by atoms with E-state index in [1.165, 1.54) is 11.5 Å². The maximum Gasteiger partial charge on any atom is 0.246 e. The van der Waals surface area contributed by atoms with Gasteiger partial charge >= 0.3 is 0 Å². The van der Waals surface area contributed by atoms with Crippen LogP contribution in [0.5, 0.6) is 0 Å². The average molecular weight is 332 g/mol. The van der Waals surface area contributed by atoms with Crippen molar-refractivity contribution in [2.24, 2.45) is 0 Å². The molecule has 1 saturated heterocycles. The van der Waals surface area contributed by atoms with Crippen LogP contribution in [-0.2, 0) is 11.2 Å². The fraction of sp³-hybridized carbons (Fsp3) is 0.438. The summed E-state index contributed by atoms with van der Waals surface area (Å²) in [6.07, 6.45) is 6.67. The molecule has 1 amide bonds. The Morgan fingerprint density at radius 2 is 2.30 bits per heavy atom. The lowest BCUT2D eigenvalue weighted by atomic mass is 10.3. The first-order valence-electron chi connectivity index (χ1n) is 7.84. The van der Waals surface area contributed by atoms with E-state index < -0.39 is 0 Å². The number of aryl methyl sites for hydroxylation is 1. The minimum Gasteiger partial charge on any atom is -0.465 e. The molecule has 7 heteroatoms. The number of rotatable bonds is 4. The van der Waals surface area contributed by atoms with Gasteiger partial charge in [-0.3, -0.25) is 4.79 Å². The predicted octanol–water partition coefficient (Wildman–Crippen LogP) is 2.45. The topological polar surface area (TPSA) is 62.5 Å². The summed E-state index contributed by atoms with van der Waals surface area (Å²) in [4.78, 5) is 20.9. The second kappa shape index (κ2) is 7.41. The molecular weight excluding hydrogens is 312 g/mol. The van der Waals surface area contributed by atoms with E-state index in [4.69, 9.17) is 4.42 Å². The van der Waals surface area contributed by atoms with Gasteiger partial charge in [-0.15, -0.1) is 0 Å². The van der Waals surface area contributed by atoms with Crippen LogP contribution in [0.1, 0.15) is 24.9 Å². The van der Waals surface area contributed by atoms with Crippen molar-refractivity contribution in [2.45, 2.75) is 19.8 Å². The summed E-state index contributed by atoms with van der Waals surface area (Å²) in [5.41, 5.74) is 0. The number of carbonyl (C=O) groups is 1. The SMILES string of the molecule is CCc1nsc(N2CCCN(C(=O)/C=C\c3ccco3)CC2)n1. The van der Waals surface area contributed by atoms with Gasteiger partial charge in [-0.1, -0.05) is 6.92 Å². The Balaban J connectivity index is 1.58. The van der Waals surface area contributed by atoms with E-state index >= 15 is 0 Å². The molecule has 0 atom stereocenters. The zero-order chi connectivity index (χ0) is 16.1. The number of furan rings is 1. The molecule has 2 aromatic heterocycles. The zero-order valence-corrected chi connectivity index (χ0v) is 14.0. The van der Waals surface area contributed by atoms with Crippen molar-refractivity contribution >= 4 is 28.6 Å². The molecule has 0 aromatic carbocycles. The first-order chi connectivity index (χ1) is 11.3. The lowest BCUT2D eigenvalue weighted by molar-refractivity contribution is -0.125. The molecule has 2 aromatic rings. The van der Waals surface area contributed by atoms with Gasteiger partial charge in [-0.2, -0.15) is 4.37 Å². The molecule has 0 N–H and O–H groups in total. The normalized spacial score (nSPS) is 16.0. The number of aromatic nitrogens is 2. The number of nitrogens with zero attached hydrogens (tertiary/aromatic N) is 4. The number of amides is 1. The summed E-state index contributed by atoms with van der Waals surface area (Å²) in [5.74, 6) is 1.61. The Labute approximate surface area is 139 Å². The van der Waals surface area contributed by atoms with Crippen LogP contribution in [0.4, 0.5) is 5.13 Å². The van der Waals surface area contributed by atoms with E-state index in [1.54, 1.807) is 24.5 Å². The van der Waals surface area contributed by atoms with Crippen LogP contribution in [0.25, 0.3) is 6.08 Å². The second-order valence-corrected chi connectivity index (χ2v) is 6.09. The summed E-state index contributed by atoms with van der Waals surface area (Å²) < 4.78 is 9.54. The van der Waals surface area contributed by atoms with Gasteiger partial charge in [0, 0.05) is 50.2 Å². The third kappa shape index (κ3) is 3.98. The maximum absolute atomic E-state index is 12.3. The Bertz CT molecular complexity index is 665. The highest BCUT2D eigenvalue weighted by molar-refractivity contribution is 7.09. The quantitative estimate of drug-likeness (QED) is 0.805. The first kappa shape index (κ1) is 15.7. The highest BCUT2D eigenvalue weighted by Crippen LogP contribution is 2.19. The fourth-order valence-corrected chi connectivity index (χ4v) is 3.29. The molecular formula is C16H20N4O2S. The van der Waals surface area contributed by atoms with Crippen LogP contribution in [0.15, 0.2) is 28.9 Å². The molecule has 3 heterocycles. The Kier molecular flexibility index (Phi) is 5.07. The summed E-state index contributed by atoms with van der Waals surface area (Å²) in [6, 6.07) is 3.63. The Morgan fingerprint density at radius 1 is 1.39 bits per heavy atom. The van der Waals surface area contributed by atoms with Crippen LogP contribution in [0, 0.1) is 0 Å². The van der Waals surface area contributed by atoms with Crippen LogP contribution in [0.2, 0.25) is 0 Å². The maximum atomic E-state index is 12.3. The first-order valence-corrected chi connectivity index (χ1v) is 8.61. The average Bonchev–Trinajstić information content (AvgIpc) is 3.20. The third-order valence-corrected chi connectivity index (χ3v) is 4.60. The minimum absolute atomic E-state index is 0.0229. The molecule has 0 saturated carbocycles. The monoisotopic (exact) mass is 332 g/mol. The van der Waals surface area contributed by atoms with Crippen molar-refractivity contribution in [3.05, 3.63) is 36.1 Å². The van der Waals surface area contributed by atoms with Crippen molar-refractivity contribution in [3.63, 3.8) is 0 Å². The third-order valence-electron chi connectivity index (χ3n) is 3.79. The molecule has 1 fully saturated rings. The van der Waals surface area contributed by atoms with Crippen molar-refractivity contribution in [2.75, 3.05) is 31.1 Å². The van der Waals surface area contributed by atoms with Crippen molar-refractivity contribution in [1.82, 2.24) is 14.3 Å². The van der Waals surface area contributed by atoms with E-state index in [2.05, 4.69) is 21.2 Å². The summed E-state index contributed by atoms with van der Waals surface area (Å²) in [6.45, 7) is 5.21. The van der Waals surface area contributed by atoms with Gasteiger partial charge in [0.15, 0.2) is 0 Å². The molecule has 0 unspecified atom stereocenters. The summed E-state index contributed by atoms with van der Waals surface area (Å²) in [7, 11) is 0. The summed E-state index contributed by atoms with van der Waals surface area (Å²) in [5, 5.41) is 0.960.